The lowest BCUT2D eigenvalue weighted by molar-refractivity contribution is -0.137. The largest absolute Gasteiger partial charge is 0.340 e. The molecule has 0 atom stereocenters. The number of hydrogen-bond acceptors (Lipinski definition) is 3. The van der Waals surface area contributed by atoms with Gasteiger partial charge in [0, 0.05) is 44.2 Å². The van der Waals surface area contributed by atoms with Gasteiger partial charge in [-0.05, 0) is 25.0 Å². The van der Waals surface area contributed by atoms with Gasteiger partial charge in [-0.15, -0.1) is 0 Å². The molecule has 4 nitrogen and oxygen atoms in total. The van der Waals surface area contributed by atoms with Crippen molar-refractivity contribution >= 4 is 5.91 Å². The molecule has 2 fully saturated rings. The molecule has 1 aromatic rings. The van der Waals surface area contributed by atoms with Crippen LogP contribution in [-0.2, 0) is 11.3 Å². The van der Waals surface area contributed by atoms with E-state index in [1.807, 2.05) is 11.0 Å². The number of piperazine rings is 1. The third-order valence-electron chi connectivity index (χ3n) is 4.96. The fourth-order valence-electron chi connectivity index (χ4n) is 3.54. The Kier molecular flexibility index (Phi) is 4.92. The number of nitriles is 1. The highest BCUT2D eigenvalue weighted by Gasteiger charge is 2.29. The highest BCUT2D eigenvalue weighted by atomic mass is 19.1. The Bertz CT molecular complexity index is 611. The molecular formula is C18H22FN3O. The van der Waals surface area contributed by atoms with Crippen molar-refractivity contribution in [2.45, 2.75) is 32.2 Å². The second-order valence-electron chi connectivity index (χ2n) is 6.50. The average molecular weight is 315 g/mol. The Balaban J connectivity index is 1.53. The van der Waals surface area contributed by atoms with Crippen molar-refractivity contribution in [3.8, 4) is 6.07 Å². The van der Waals surface area contributed by atoms with Gasteiger partial charge in [0.1, 0.15) is 5.82 Å². The van der Waals surface area contributed by atoms with Crippen LogP contribution in [0.2, 0.25) is 0 Å². The maximum atomic E-state index is 14.0. The van der Waals surface area contributed by atoms with Crippen LogP contribution in [-0.4, -0.2) is 41.9 Å². The van der Waals surface area contributed by atoms with E-state index < -0.39 is 0 Å². The summed E-state index contributed by atoms with van der Waals surface area (Å²) in [4.78, 5) is 16.6. The number of halogens is 1. The molecule has 0 radical (unpaired) electrons. The third kappa shape index (κ3) is 3.70. The van der Waals surface area contributed by atoms with Crippen LogP contribution < -0.4 is 0 Å². The van der Waals surface area contributed by atoms with Crippen LogP contribution >= 0.6 is 0 Å². The smallest absolute Gasteiger partial charge is 0.225 e. The highest BCUT2D eigenvalue weighted by Crippen LogP contribution is 2.27. The van der Waals surface area contributed by atoms with E-state index in [0.29, 0.717) is 23.6 Å². The molecule has 5 heteroatoms. The Labute approximate surface area is 136 Å². The quantitative estimate of drug-likeness (QED) is 0.861. The summed E-state index contributed by atoms with van der Waals surface area (Å²) >= 11 is 0. The first-order valence-electron chi connectivity index (χ1n) is 8.37. The molecule has 1 aliphatic carbocycles. The molecule has 0 unspecified atom stereocenters. The molecular weight excluding hydrogens is 293 g/mol. The summed E-state index contributed by atoms with van der Waals surface area (Å²) in [6.07, 6.45) is 4.42. The molecule has 3 rings (SSSR count). The first-order valence-corrected chi connectivity index (χ1v) is 8.37. The summed E-state index contributed by atoms with van der Waals surface area (Å²) < 4.78 is 14.0. The zero-order valence-corrected chi connectivity index (χ0v) is 13.3. The van der Waals surface area contributed by atoms with Crippen molar-refractivity contribution in [1.82, 2.24) is 9.80 Å². The van der Waals surface area contributed by atoms with E-state index in [0.717, 1.165) is 39.0 Å². The Morgan fingerprint density at radius 3 is 2.52 bits per heavy atom. The van der Waals surface area contributed by atoms with Crippen LogP contribution in [0, 0.1) is 23.1 Å². The lowest BCUT2D eigenvalue weighted by Crippen LogP contribution is -2.49. The minimum atomic E-state index is -0.325. The summed E-state index contributed by atoms with van der Waals surface area (Å²) in [6, 6.07) is 6.57. The summed E-state index contributed by atoms with van der Waals surface area (Å²) in [5.74, 6) is 0.220. The van der Waals surface area contributed by atoms with Crippen LogP contribution in [0.15, 0.2) is 18.2 Å². The normalized spacial score (nSPS) is 19.7. The van der Waals surface area contributed by atoms with Gasteiger partial charge < -0.3 is 4.90 Å². The predicted octanol–water partition coefficient (Wildman–Crippen LogP) is 2.53. The molecule has 2 aliphatic rings. The fraction of sp³-hybridized carbons (Fsp3) is 0.556. The minimum Gasteiger partial charge on any atom is -0.340 e. The fourth-order valence-corrected chi connectivity index (χ4v) is 3.54. The summed E-state index contributed by atoms with van der Waals surface area (Å²) in [7, 11) is 0. The van der Waals surface area contributed by atoms with Crippen molar-refractivity contribution < 1.29 is 9.18 Å². The highest BCUT2D eigenvalue weighted by molar-refractivity contribution is 5.79. The van der Waals surface area contributed by atoms with Crippen LogP contribution in [0.5, 0.6) is 0 Å². The molecule has 0 spiro atoms. The van der Waals surface area contributed by atoms with Gasteiger partial charge in [0.2, 0.25) is 5.91 Å². The van der Waals surface area contributed by atoms with Crippen molar-refractivity contribution in [3.63, 3.8) is 0 Å². The number of hydrogen-bond donors (Lipinski definition) is 0. The topological polar surface area (TPSA) is 47.3 Å². The second kappa shape index (κ2) is 7.10. The van der Waals surface area contributed by atoms with Crippen LogP contribution in [0.1, 0.15) is 36.8 Å². The van der Waals surface area contributed by atoms with Gasteiger partial charge in [-0.3, -0.25) is 9.69 Å². The first kappa shape index (κ1) is 15.9. The monoisotopic (exact) mass is 315 g/mol. The van der Waals surface area contributed by atoms with Gasteiger partial charge in [0.15, 0.2) is 0 Å². The SMILES string of the molecule is N#Cc1ccc(CN2CCN(C(=O)C3CCCC3)CC2)c(F)c1. The van der Waals surface area contributed by atoms with E-state index in [-0.39, 0.29) is 11.7 Å². The van der Waals surface area contributed by atoms with Gasteiger partial charge in [0.05, 0.1) is 11.6 Å². The van der Waals surface area contributed by atoms with Gasteiger partial charge in [0.25, 0.3) is 0 Å². The standard InChI is InChI=1S/C18H22FN3O/c19-17-11-14(12-20)5-6-16(17)13-21-7-9-22(10-8-21)18(23)15-3-1-2-4-15/h5-6,11,15H,1-4,7-10,13H2. The van der Waals surface area contributed by atoms with Crippen molar-refractivity contribution in [1.29, 1.82) is 5.26 Å². The van der Waals surface area contributed by atoms with E-state index >= 15 is 0 Å². The lowest BCUT2D eigenvalue weighted by Gasteiger charge is -2.36. The molecule has 0 N–H and O–H groups in total. The number of amides is 1. The number of carbonyl (C=O) groups excluding carboxylic acids is 1. The van der Waals surface area contributed by atoms with Crippen molar-refractivity contribution in [2.24, 2.45) is 5.92 Å². The zero-order chi connectivity index (χ0) is 16.2. The van der Waals surface area contributed by atoms with E-state index in [1.54, 1.807) is 12.1 Å². The summed E-state index contributed by atoms with van der Waals surface area (Å²) in [5.41, 5.74) is 0.956. The predicted molar refractivity (Wildman–Crippen MR) is 84.9 cm³/mol. The van der Waals surface area contributed by atoms with Crippen LogP contribution in [0.4, 0.5) is 4.39 Å². The molecule has 1 saturated carbocycles. The van der Waals surface area contributed by atoms with Crippen LogP contribution in [0.25, 0.3) is 0 Å². The zero-order valence-electron chi connectivity index (χ0n) is 13.3. The maximum absolute atomic E-state index is 14.0. The van der Waals surface area contributed by atoms with Crippen LogP contribution in [0.3, 0.4) is 0 Å². The third-order valence-corrected chi connectivity index (χ3v) is 4.96. The van der Waals surface area contributed by atoms with Gasteiger partial charge in [-0.25, -0.2) is 4.39 Å². The Morgan fingerprint density at radius 2 is 1.91 bits per heavy atom. The van der Waals surface area contributed by atoms with Gasteiger partial charge >= 0.3 is 0 Å². The lowest BCUT2D eigenvalue weighted by atomic mass is 10.1. The molecule has 0 aromatic heterocycles. The number of carbonyl (C=O) groups is 1. The van der Waals surface area contributed by atoms with Crippen molar-refractivity contribution in [3.05, 3.63) is 35.1 Å². The van der Waals surface area contributed by atoms with E-state index in [1.165, 1.54) is 18.9 Å². The average Bonchev–Trinajstić information content (AvgIpc) is 3.11. The molecule has 1 amide bonds. The molecule has 23 heavy (non-hydrogen) atoms. The first-order chi connectivity index (χ1) is 11.2. The molecule has 1 aromatic carbocycles. The maximum Gasteiger partial charge on any atom is 0.225 e. The molecule has 1 heterocycles. The van der Waals surface area contributed by atoms with Gasteiger partial charge in [-0.1, -0.05) is 18.9 Å². The van der Waals surface area contributed by atoms with E-state index in [2.05, 4.69) is 4.90 Å². The number of benzene rings is 1. The summed E-state index contributed by atoms with van der Waals surface area (Å²) in [5, 5.41) is 8.78. The summed E-state index contributed by atoms with van der Waals surface area (Å²) in [6.45, 7) is 3.54. The molecule has 0 bridgehead atoms. The van der Waals surface area contributed by atoms with Gasteiger partial charge in [-0.2, -0.15) is 5.26 Å². The Hall–Kier alpha value is -1.93. The number of rotatable bonds is 3. The minimum absolute atomic E-state index is 0.234. The molecule has 122 valence electrons. The second-order valence-corrected chi connectivity index (χ2v) is 6.50. The molecule has 1 aliphatic heterocycles. The molecule has 1 saturated heterocycles. The Morgan fingerprint density at radius 1 is 1.22 bits per heavy atom. The van der Waals surface area contributed by atoms with E-state index in [4.69, 9.17) is 5.26 Å². The van der Waals surface area contributed by atoms with Crippen molar-refractivity contribution in [2.75, 3.05) is 26.2 Å². The van der Waals surface area contributed by atoms with E-state index in [9.17, 15) is 9.18 Å². The number of nitrogens with zero attached hydrogens (tertiary/aromatic N) is 3.